The highest BCUT2D eigenvalue weighted by molar-refractivity contribution is 6.30. The van der Waals surface area contributed by atoms with E-state index in [-0.39, 0.29) is 11.8 Å². The number of nitrogens with one attached hydrogen (secondary N) is 1. The van der Waals surface area contributed by atoms with Gasteiger partial charge in [0.1, 0.15) is 5.76 Å². The molecule has 0 radical (unpaired) electrons. The molecule has 1 N–H and O–H groups in total. The monoisotopic (exact) mass is 340 g/mol. The van der Waals surface area contributed by atoms with Gasteiger partial charge in [-0.2, -0.15) is 10.2 Å². The predicted octanol–water partition coefficient (Wildman–Crippen LogP) is 3.05. The first kappa shape index (κ1) is 14.8. The molecule has 1 aromatic carbocycles. The summed E-state index contributed by atoms with van der Waals surface area (Å²) in [5, 5.41) is 11.1. The first-order valence-corrected chi connectivity index (χ1v) is 7.91. The van der Waals surface area contributed by atoms with E-state index in [1.54, 1.807) is 18.5 Å². The fourth-order valence-corrected chi connectivity index (χ4v) is 2.96. The van der Waals surface area contributed by atoms with Gasteiger partial charge in [0.15, 0.2) is 5.69 Å². The molecule has 1 unspecified atom stereocenters. The highest BCUT2D eigenvalue weighted by atomic mass is 35.5. The van der Waals surface area contributed by atoms with Gasteiger partial charge in [-0.25, -0.2) is 4.98 Å². The molecule has 0 fully saturated rings. The van der Waals surface area contributed by atoms with E-state index in [2.05, 4.69) is 20.5 Å². The van der Waals surface area contributed by atoms with Crippen LogP contribution in [0.5, 0.6) is 0 Å². The van der Waals surface area contributed by atoms with Crippen LogP contribution in [0.2, 0.25) is 5.02 Å². The molecule has 120 valence electrons. The maximum absolute atomic E-state index is 12.3. The quantitative estimate of drug-likeness (QED) is 0.775. The number of benzene rings is 1. The lowest BCUT2D eigenvalue weighted by atomic mass is 9.93. The number of carbonyl (C=O) groups is 1. The van der Waals surface area contributed by atoms with Crippen LogP contribution in [0.4, 0.5) is 0 Å². The standard InChI is InChI=1S/C17H13ClN4O2/c18-12-3-1-10(2-4-12)13-6-7-19-16(23)14-15(13)24-17(22-14)11-5-8-20-21-9-11/h1-5,8-9,13H,6-7H2,(H,19,23). The zero-order valence-electron chi connectivity index (χ0n) is 12.6. The van der Waals surface area contributed by atoms with Gasteiger partial charge in [0.2, 0.25) is 5.89 Å². The Balaban J connectivity index is 1.82. The van der Waals surface area contributed by atoms with Crippen LogP contribution in [0, 0.1) is 0 Å². The number of halogens is 1. The first-order valence-electron chi connectivity index (χ1n) is 7.54. The third-order valence-corrected chi connectivity index (χ3v) is 4.26. The highest BCUT2D eigenvalue weighted by Gasteiger charge is 2.31. The molecule has 0 bridgehead atoms. The van der Waals surface area contributed by atoms with Crippen LogP contribution in [0.3, 0.4) is 0 Å². The van der Waals surface area contributed by atoms with Crippen molar-refractivity contribution in [3.63, 3.8) is 0 Å². The predicted molar refractivity (Wildman–Crippen MR) is 87.8 cm³/mol. The van der Waals surface area contributed by atoms with Gasteiger partial charge in [0.05, 0.1) is 18.0 Å². The minimum Gasteiger partial charge on any atom is -0.440 e. The summed E-state index contributed by atoms with van der Waals surface area (Å²) < 4.78 is 5.97. The molecule has 4 rings (SSSR count). The Morgan fingerprint density at radius 3 is 2.75 bits per heavy atom. The molecule has 2 aromatic heterocycles. The molecule has 24 heavy (non-hydrogen) atoms. The van der Waals surface area contributed by atoms with Crippen LogP contribution in [-0.4, -0.2) is 27.6 Å². The van der Waals surface area contributed by atoms with Gasteiger partial charge in [-0.1, -0.05) is 23.7 Å². The Morgan fingerprint density at radius 2 is 2.00 bits per heavy atom. The largest absolute Gasteiger partial charge is 0.440 e. The Bertz CT molecular complexity index is 877. The average molecular weight is 341 g/mol. The zero-order chi connectivity index (χ0) is 16.5. The molecule has 7 heteroatoms. The Labute approximate surface area is 142 Å². The van der Waals surface area contributed by atoms with Gasteiger partial charge >= 0.3 is 0 Å². The van der Waals surface area contributed by atoms with Gasteiger partial charge < -0.3 is 9.73 Å². The van der Waals surface area contributed by atoms with Gasteiger partial charge in [0, 0.05) is 17.5 Å². The lowest BCUT2D eigenvalue weighted by molar-refractivity contribution is 0.0951. The summed E-state index contributed by atoms with van der Waals surface area (Å²) in [5.41, 5.74) is 2.03. The summed E-state index contributed by atoms with van der Waals surface area (Å²) in [6.45, 7) is 0.560. The molecular formula is C17H13ClN4O2. The molecule has 0 saturated carbocycles. The van der Waals surface area contributed by atoms with E-state index in [0.717, 1.165) is 12.0 Å². The summed E-state index contributed by atoms with van der Waals surface area (Å²) in [7, 11) is 0. The number of fused-ring (bicyclic) bond motifs is 1. The van der Waals surface area contributed by atoms with Crippen molar-refractivity contribution in [1.29, 1.82) is 0 Å². The van der Waals surface area contributed by atoms with E-state index in [1.807, 2.05) is 24.3 Å². The second kappa shape index (κ2) is 6.05. The molecule has 6 nitrogen and oxygen atoms in total. The third kappa shape index (κ3) is 2.65. The first-order chi connectivity index (χ1) is 11.7. The van der Waals surface area contributed by atoms with E-state index in [1.165, 1.54) is 0 Å². The number of carbonyl (C=O) groups excluding carboxylic acids is 1. The maximum Gasteiger partial charge on any atom is 0.273 e. The van der Waals surface area contributed by atoms with E-state index in [0.29, 0.717) is 34.5 Å². The number of rotatable bonds is 2. The lowest BCUT2D eigenvalue weighted by Crippen LogP contribution is -2.23. The minimum atomic E-state index is -0.224. The van der Waals surface area contributed by atoms with Crippen molar-refractivity contribution in [2.24, 2.45) is 0 Å². The van der Waals surface area contributed by atoms with Crippen molar-refractivity contribution in [2.45, 2.75) is 12.3 Å². The fraction of sp³-hybridized carbons (Fsp3) is 0.176. The molecular weight excluding hydrogens is 328 g/mol. The summed E-state index contributed by atoms with van der Waals surface area (Å²) in [5.74, 6) is 0.649. The van der Waals surface area contributed by atoms with Crippen LogP contribution < -0.4 is 5.32 Å². The molecule has 3 aromatic rings. The maximum atomic E-state index is 12.3. The van der Waals surface area contributed by atoms with E-state index < -0.39 is 0 Å². The van der Waals surface area contributed by atoms with Crippen molar-refractivity contribution >= 4 is 17.5 Å². The van der Waals surface area contributed by atoms with Gasteiger partial charge in [-0.3, -0.25) is 4.79 Å². The summed E-state index contributed by atoms with van der Waals surface area (Å²) in [6.07, 6.45) is 3.84. The summed E-state index contributed by atoms with van der Waals surface area (Å²) >= 11 is 5.98. The number of hydrogen-bond donors (Lipinski definition) is 1. The normalized spacial score (nSPS) is 17.0. The highest BCUT2D eigenvalue weighted by Crippen LogP contribution is 2.35. The number of amides is 1. The molecule has 0 spiro atoms. The van der Waals surface area contributed by atoms with Crippen molar-refractivity contribution in [2.75, 3.05) is 6.54 Å². The van der Waals surface area contributed by atoms with Crippen LogP contribution >= 0.6 is 11.6 Å². The fourth-order valence-electron chi connectivity index (χ4n) is 2.83. The molecule has 3 heterocycles. The van der Waals surface area contributed by atoms with E-state index in [9.17, 15) is 4.79 Å². The number of oxazole rings is 1. The lowest BCUT2D eigenvalue weighted by Gasteiger charge is -2.13. The Morgan fingerprint density at radius 1 is 1.17 bits per heavy atom. The zero-order valence-corrected chi connectivity index (χ0v) is 13.3. The molecule has 1 atom stereocenters. The van der Waals surface area contributed by atoms with Crippen molar-refractivity contribution in [3.05, 3.63) is 64.8 Å². The second-order valence-electron chi connectivity index (χ2n) is 5.51. The average Bonchev–Trinajstić information content (AvgIpc) is 2.99. The van der Waals surface area contributed by atoms with E-state index in [4.69, 9.17) is 16.0 Å². The Hall–Kier alpha value is -2.73. The van der Waals surface area contributed by atoms with Gasteiger partial charge in [-0.05, 0) is 30.2 Å². The van der Waals surface area contributed by atoms with Gasteiger partial charge in [-0.15, -0.1) is 0 Å². The van der Waals surface area contributed by atoms with Crippen LogP contribution in [-0.2, 0) is 0 Å². The number of hydrogen-bond acceptors (Lipinski definition) is 5. The van der Waals surface area contributed by atoms with Crippen molar-refractivity contribution in [3.8, 4) is 11.5 Å². The molecule has 1 aliphatic rings. The van der Waals surface area contributed by atoms with E-state index >= 15 is 0 Å². The SMILES string of the molecule is O=C1NCCC(c2ccc(Cl)cc2)c2oc(-c3ccnnc3)nc21. The summed E-state index contributed by atoms with van der Waals surface area (Å²) in [6, 6.07) is 9.31. The topological polar surface area (TPSA) is 80.9 Å². The van der Waals surface area contributed by atoms with Crippen molar-refractivity contribution < 1.29 is 9.21 Å². The molecule has 0 saturated heterocycles. The number of aromatic nitrogens is 3. The Kier molecular flexibility index (Phi) is 3.74. The molecule has 1 amide bonds. The molecule has 1 aliphatic heterocycles. The van der Waals surface area contributed by atoms with Crippen LogP contribution in [0.25, 0.3) is 11.5 Å². The van der Waals surface area contributed by atoms with Gasteiger partial charge in [0.25, 0.3) is 5.91 Å². The van der Waals surface area contributed by atoms with Crippen LogP contribution in [0.1, 0.15) is 34.2 Å². The van der Waals surface area contributed by atoms with Crippen LogP contribution in [0.15, 0.2) is 47.1 Å². The summed E-state index contributed by atoms with van der Waals surface area (Å²) in [4.78, 5) is 16.7. The smallest absolute Gasteiger partial charge is 0.273 e. The molecule has 0 aliphatic carbocycles. The second-order valence-corrected chi connectivity index (χ2v) is 5.95. The third-order valence-electron chi connectivity index (χ3n) is 4.01. The minimum absolute atomic E-state index is 0.0627. The number of nitrogens with zero attached hydrogens (tertiary/aromatic N) is 3. The van der Waals surface area contributed by atoms with Crippen molar-refractivity contribution in [1.82, 2.24) is 20.5 Å².